The second kappa shape index (κ2) is 15.6. The van der Waals surface area contributed by atoms with E-state index in [1.54, 1.807) is 32.1 Å². The minimum Gasteiger partial charge on any atom is -0.394 e. The number of halogens is 2. The number of nitrogens with one attached hydrogen (secondary N) is 2. The van der Waals surface area contributed by atoms with E-state index in [4.69, 9.17) is 4.84 Å². The highest BCUT2D eigenvalue weighted by Gasteiger charge is 2.53. The Bertz CT molecular complexity index is 1800. The standard InChI is InChI=1S/C32H45BF2N6O9S/c1-21-17-24(39-26(21)19-27-23(9-8-16-41(3,4)5)18-22(2)38(27)33(39,34)35)11-12-28(42)37-25(20-51(47,48)49)32(46)36-15-7-6-10-31(45)50-40-29(43)13-14-30(40)44/h17-19,25H,6-16,20H2,1-5H3,(H2-,36,37,42,46,47,48,49)/p+1. The van der Waals surface area contributed by atoms with Gasteiger partial charge in [0.15, 0.2) is 5.70 Å². The normalized spacial score (nSPS) is 17.5. The molecule has 19 heteroatoms. The summed E-state index contributed by atoms with van der Waals surface area (Å²) in [6.45, 7) is -0.122. The van der Waals surface area contributed by atoms with Gasteiger partial charge in [-0.25, -0.2) is 4.79 Å². The molecule has 3 aliphatic heterocycles. The molecular formula is C32H46BF2N6O9S+. The highest BCUT2D eigenvalue weighted by atomic mass is 32.2. The number of quaternary nitrogens is 1. The summed E-state index contributed by atoms with van der Waals surface area (Å²) in [5.74, 6) is -4.91. The Hall–Kier alpha value is -4.23. The number of hydroxylamine groups is 2. The summed E-state index contributed by atoms with van der Waals surface area (Å²) in [4.78, 5) is 65.6. The van der Waals surface area contributed by atoms with Gasteiger partial charge in [-0.1, -0.05) is 0 Å². The van der Waals surface area contributed by atoms with E-state index in [-0.39, 0.29) is 57.2 Å². The zero-order chi connectivity index (χ0) is 37.9. The second-order valence-corrected chi connectivity index (χ2v) is 15.6. The van der Waals surface area contributed by atoms with E-state index in [0.717, 1.165) is 32.0 Å². The maximum atomic E-state index is 16.3. The molecule has 0 radical (unpaired) electrons. The minimum absolute atomic E-state index is 0.0453. The summed E-state index contributed by atoms with van der Waals surface area (Å²) in [7, 11) is 1.50. The lowest BCUT2D eigenvalue weighted by atomic mass is 9.89. The number of aryl methyl sites for hydroxylation is 2. The van der Waals surface area contributed by atoms with Gasteiger partial charge in [-0.15, -0.1) is 5.06 Å². The average Bonchev–Trinajstić information content (AvgIpc) is 3.62. The van der Waals surface area contributed by atoms with Gasteiger partial charge in [0.2, 0.25) is 11.8 Å². The Kier molecular flexibility index (Phi) is 12.1. The molecule has 4 amide bonds. The van der Waals surface area contributed by atoms with Crippen LogP contribution < -0.4 is 10.6 Å². The van der Waals surface area contributed by atoms with Crippen molar-refractivity contribution in [1.29, 1.82) is 0 Å². The van der Waals surface area contributed by atoms with E-state index in [9.17, 15) is 36.9 Å². The number of carbonyl (C=O) groups is 5. The number of allylic oxidation sites excluding steroid dienone is 2. The van der Waals surface area contributed by atoms with Gasteiger partial charge in [0, 0.05) is 68.5 Å². The third-order valence-corrected chi connectivity index (χ3v) is 9.58. The number of rotatable bonds is 17. The molecule has 3 N–H and O–H groups in total. The molecule has 1 fully saturated rings. The Morgan fingerprint density at radius 1 is 1.04 bits per heavy atom. The number of imide groups is 1. The molecule has 51 heavy (non-hydrogen) atoms. The summed E-state index contributed by atoms with van der Waals surface area (Å²) >= 11 is 0. The number of amides is 4. The van der Waals surface area contributed by atoms with Crippen LogP contribution in [0.1, 0.15) is 75.2 Å². The van der Waals surface area contributed by atoms with Crippen LogP contribution in [0.3, 0.4) is 0 Å². The Balaban J connectivity index is 1.35. The van der Waals surface area contributed by atoms with Gasteiger partial charge in [-0.3, -0.25) is 23.7 Å². The number of hydrogen-bond donors (Lipinski definition) is 3. The van der Waals surface area contributed by atoms with Gasteiger partial charge >= 0.3 is 12.9 Å². The molecule has 1 aromatic rings. The zero-order valence-electron chi connectivity index (χ0n) is 29.5. The summed E-state index contributed by atoms with van der Waals surface area (Å²) < 4.78 is 68.0. The van der Waals surface area contributed by atoms with E-state index < -0.39 is 58.5 Å². The largest absolute Gasteiger partial charge is 0.737 e. The van der Waals surface area contributed by atoms with Crippen molar-refractivity contribution in [3.05, 3.63) is 40.4 Å². The van der Waals surface area contributed by atoms with Crippen LogP contribution in [0.4, 0.5) is 8.63 Å². The molecule has 0 saturated carbocycles. The number of fused-ring (bicyclic) bond motifs is 2. The molecule has 1 atom stereocenters. The highest BCUT2D eigenvalue weighted by molar-refractivity contribution is 7.85. The first-order valence-corrected chi connectivity index (χ1v) is 18.5. The van der Waals surface area contributed by atoms with Gasteiger partial charge in [0.1, 0.15) is 17.5 Å². The van der Waals surface area contributed by atoms with Crippen molar-refractivity contribution in [2.75, 3.05) is 40.0 Å². The van der Waals surface area contributed by atoms with Crippen molar-refractivity contribution in [3.8, 4) is 0 Å². The summed E-state index contributed by atoms with van der Waals surface area (Å²) in [6.07, 6.45) is 4.42. The molecule has 1 unspecified atom stereocenters. The fourth-order valence-corrected chi connectivity index (χ4v) is 7.08. The van der Waals surface area contributed by atoms with Crippen LogP contribution in [0.5, 0.6) is 0 Å². The lowest BCUT2D eigenvalue weighted by molar-refractivity contribution is -0.870. The third-order valence-electron chi connectivity index (χ3n) is 8.82. The minimum atomic E-state index is -4.72. The maximum Gasteiger partial charge on any atom is 0.737 e. The van der Waals surface area contributed by atoms with Crippen molar-refractivity contribution < 1.29 is 59.4 Å². The maximum absolute atomic E-state index is 16.3. The van der Waals surface area contributed by atoms with Gasteiger partial charge < -0.3 is 37.6 Å². The number of carbonyl (C=O) groups excluding carboxylic acids is 5. The van der Waals surface area contributed by atoms with E-state index >= 15 is 8.63 Å². The third kappa shape index (κ3) is 9.97. The Morgan fingerprint density at radius 2 is 1.71 bits per heavy atom. The van der Waals surface area contributed by atoms with Gasteiger partial charge in [-0.05, 0) is 50.4 Å². The first-order valence-electron chi connectivity index (χ1n) is 16.9. The molecule has 15 nitrogen and oxygen atoms in total. The van der Waals surface area contributed by atoms with Gasteiger partial charge in [-0.2, -0.15) is 8.42 Å². The quantitative estimate of drug-likeness (QED) is 0.0701. The molecule has 1 aromatic heterocycles. The summed E-state index contributed by atoms with van der Waals surface area (Å²) in [6, 6.07) is 0.106. The molecule has 1 saturated heterocycles. The average molecular weight is 740 g/mol. The topological polar surface area (TPSA) is 184 Å². The number of hydrogen-bond acceptors (Lipinski definition) is 8. The summed E-state index contributed by atoms with van der Waals surface area (Å²) in [5.41, 5.74) is 2.85. The lowest BCUT2D eigenvalue weighted by Gasteiger charge is -2.31. The first kappa shape index (κ1) is 39.6. The van der Waals surface area contributed by atoms with Gasteiger partial charge in [0.25, 0.3) is 21.9 Å². The number of aromatic nitrogens is 1. The fourth-order valence-electron chi connectivity index (χ4n) is 6.42. The van der Waals surface area contributed by atoms with Crippen LogP contribution in [0, 0.1) is 6.92 Å². The molecule has 0 aliphatic carbocycles. The smallest absolute Gasteiger partial charge is 0.394 e. The van der Waals surface area contributed by atoms with Crippen molar-refractivity contribution >= 4 is 58.5 Å². The predicted octanol–water partition coefficient (Wildman–Crippen LogP) is 1.47. The van der Waals surface area contributed by atoms with Crippen LogP contribution in [0.2, 0.25) is 0 Å². The number of nitrogens with zero attached hydrogens (tertiary/aromatic N) is 4. The lowest BCUT2D eigenvalue weighted by Crippen LogP contribution is -2.51. The van der Waals surface area contributed by atoms with Crippen molar-refractivity contribution in [2.24, 2.45) is 0 Å². The molecule has 3 aliphatic rings. The van der Waals surface area contributed by atoms with E-state index in [1.165, 1.54) is 0 Å². The second-order valence-electron chi connectivity index (χ2n) is 14.2. The van der Waals surface area contributed by atoms with Crippen molar-refractivity contribution in [2.45, 2.75) is 77.7 Å². The van der Waals surface area contributed by atoms with Crippen LogP contribution in [0.15, 0.2) is 23.4 Å². The SMILES string of the molecule is CC1=CC(CCC(=O)NC(CS(=O)(=O)O)C(=O)NCCCCC(=O)ON2C(=O)CCC2=O)=[N+]2C1=Cc1c(CCC[N+](C)(C)C)cc(C)n1[B-]2(F)F. The monoisotopic (exact) mass is 739 g/mol. The zero-order valence-corrected chi connectivity index (χ0v) is 30.4. The Labute approximate surface area is 295 Å². The molecule has 4 heterocycles. The van der Waals surface area contributed by atoms with Crippen LogP contribution in [-0.4, -0.2) is 120 Å². The summed E-state index contributed by atoms with van der Waals surface area (Å²) in [5, 5.41) is 5.13. The van der Waals surface area contributed by atoms with E-state index in [2.05, 4.69) is 31.8 Å². The highest BCUT2D eigenvalue weighted by Crippen LogP contribution is 2.37. The van der Waals surface area contributed by atoms with E-state index in [1.807, 2.05) is 0 Å². The molecule has 0 bridgehead atoms. The van der Waals surface area contributed by atoms with E-state index in [0.29, 0.717) is 34.1 Å². The molecule has 0 aromatic carbocycles. The van der Waals surface area contributed by atoms with Crippen LogP contribution >= 0.6 is 0 Å². The fraction of sp³-hybridized carbons (Fsp3) is 0.562. The molecule has 0 spiro atoms. The predicted molar refractivity (Wildman–Crippen MR) is 182 cm³/mol. The van der Waals surface area contributed by atoms with Crippen LogP contribution in [-0.2, 0) is 45.3 Å². The van der Waals surface area contributed by atoms with Crippen molar-refractivity contribution in [3.63, 3.8) is 0 Å². The van der Waals surface area contributed by atoms with Gasteiger partial charge in [0.05, 0.1) is 27.7 Å². The molecule has 280 valence electrons. The number of unbranched alkanes of at least 4 members (excludes halogenated alkanes) is 1. The Morgan fingerprint density at radius 3 is 2.33 bits per heavy atom. The molecule has 4 rings (SSSR count). The molecular weight excluding hydrogens is 693 g/mol. The van der Waals surface area contributed by atoms with Crippen molar-refractivity contribution in [1.82, 2.24) is 20.2 Å². The first-order chi connectivity index (χ1) is 23.7. The van der Waals surface area contributed by atoms with Crippen LogP contribution in [0.25, 0.3) is 6.08 Å².